The van der Waals surface area contributed by atoms with Gasteiger partial charge in [0.1, 0.15) is 42.3 Å². The lowest BCUT2D eigenvalue weighted by Crippen LogP contribution is -2.26. The van der Waals surface area contributed by atoms with Gasteiger partial charge in [-0.1, -0.05) is 24.8 Å². The monoisotopic (exact) mass is 1110 g/mol. The third-order valence-corrected chi connectivity index (χ3v) is 16.1. The van der Waals surface area contributed by atoms with E-state index < -0.39 is 160 Å². The van der Waals surface area contributed by atoms with Crippen molar-refractivity contribution in [3.63, 3.8) is 0 Å². The third-order valence-electron chi connectivity index (χ3n) is 9.58. The summed E-state index contributed by atoms with van der Waals surface area (Å²) in [5.41, 5.74) is 1.28. The predicted molar refractivity (Wildman–Crippen MR) is 252 cm³/mol. The number of anilines is 5. The highest BCUT2D eigenvalue weighted by molar-refractivity contribution is 7.94. The SMILES string of the molecule is C=CS(=O)(=O)CCN(c1ccccc1)c1nc(O)nc(Nc2ccc(S(=O)(=O)O)c(N=Nc3c(S(=O)(=O)O)cc4cc(S(=O)(=O)O)c(N=Nc5ccc(S(=O)(=O)CCO)cc5S(=O)(=O)O)c(N)c4c3O)c2)n1. The number of nitrogens with zero attached hydrogens (tertiary/aromatic N) is 8. The molecule has 0 aliphatic heterocycles. The maximum absolute atomic E-state index is 12.7. The summed E-state index contributed by atoms with van der Waals surface area (Å²) in [6.45, 7) is 2.13. The zero-order valence-electron chi connectivity index (χ0n) is 35.8. The molecule has 0 radical (unpaired) electrons. The van der Waals surface area contributed by atoms with E-state index in [4.69, 9.17) is 10.8 Å². The first-order chi connectivity index (χ1) is 33.3. The molecule has 0 unspecified atom stereocenters. The Morgan fingerprint density at radius 2 is 1.22 bits per heavy atom. The fourth-order valence-electron chi connectivity index (χ4n) is 6.33. The number of aliphatic hydroxyl groups excluding tert-OH is 1. The fraction of sp³-hybridized carbons (Fsp3) is 0.108. The summed E-state index contributed by atoms with van der Waals surface area (Å²) < 4.78 is 190. The molecule has 1 heterocycles. The predicted octanol–water partition coefficient (Wildman–Crippen LogP) is 4.04. The number of fused-ring (bicyclic) bond motifs is 1. The molecule has 0 saturated carbocycles. The van der Waals surface area contributed by atoms with Gasteiger partial charge in [-0.3, -0.25) is 18.2 Å². The Balaban J connectivity index is 1.50. The molecule has 0 saturated heterocycles. The number of phenols is 1. The van der Waals surface area contributed by atoms with Crippen LogP contribution >= 0.6 is 0 Å². The second kappa shape index (κ2) is 20.1. The Morgan fingerprint density at radius 1 is 0.639 bits per heavy atom. The number of aromatic hydroxyl groups is 2. The van der Waals surface area contributed by atoms with Crippen molar-refractivity contribution in [1.82, 2.24) is 15.0 Å². The zero-order chi connectivity index (χ0) is 53.4. The summed E-state index contributed by atoms with van der Waals surface area (Å²) in [5, 5.41) is 47.4. The first-order valence-corrected chi connectivity index (χ1v) is 28.3. The molecule has 382 valence electrons. The minimum absolute atomic E-state index is 0.207. The lowest BCUT2D eigenvalue weighted by atomic mass is 10.1. The largest absolute Gasteiger partial charge is 0.505 e. The molecule has 5 aromatic carbocycles. The van der Waals surface area contributed by atoms with Crippen LogP contribution in [0.25, 0.3) is 10.8 Å². The maximum atomic E-state index is 12.7. The summed E-state index contributed by atoms with van der Waals surface area (Å²) in [7, 11) is -29.8. The highest BCUT2D eigenvalue weighted by Crippen LogP contribution is 2.49. The molecule has 6 rings (SSSR count). The van der Waals surface area contributed by atoms with Crippen molar-refractivity contribution in [1.29, 1.82) is 0 Å². The summed E-state index contributed by atoms with van der Waals surface area (Å²) in [6, 6.07) is 12.6. The highest BCUT2D eigenvalue weighted by atomic mass is 32.2. The first-order valence-electron chi connectivity index (χ1n) is 19.2. The van der Waals surface area contributed by atoms with E-state index in [0.717, 1.165) is 29.7 Å². The topological polar surface area (TPSA) is 476 Å². The molecule has 0 fully saturated rings. The minimum Gasteiger partial charge on any atom is -0.505 e. The zero-order valence-corrected chi connectivity index (χ0v) is 40.7. The Hall–Kier alpha value is -7.19. The lowest BCUT2D eigenvalue weighted by molar-refractivity contribution is 0.319. The number of nitrogens with two attached hydrogens (primary N) is 1. The Kier molecular flexibility index (Phi) is 15.1. The van der Waals surface area contributed by atoms with Gasteiger partial charge >= 0.3 is 6.01 Å². The van der Waals surface area contributed by atoms with E-state index in [0.29, 0.717) is 30.0 Å². The molecule has 1 aromatic heterocycles. The minimum atomic E-state index is -5.56. The van der Waals surface area contributed by atoms with Crippen LogP contribution in [0.3, 0.4) is 0 Å². The standard InChI is InChI=1S/C37H34N10O19S6/c1-2-67(51,52)14-12-47(22-6-4-3-5-7-22)36-40-35(41-37(50)42-36)39-21-8-11-26(69(55,56)57)25(18-21)44-46-33-29(72(64,65)66)17-20-16-28(71(61,62)63)32(31(38)30(20)34(33)49)45-43-24-10-9-23(68(53,54)15-13-48)19-27(24)70(58,59)60/h2-11,16-19,48-49H,1,12-15,38H2,(H,55,56,57)(H,58,59,60)(H,61,62,63)(H,64,65,66)(H2,39,40,41,42,50). The van der Waals surface area contributed by atoms with E-state index in [1.165, 1.54) is 4.90 Å². The van der Waals surface area contributed by atoms with E-state index >= 15 is 0 Å². The summed E-state index contributed by atoms with van der Waals surface area (Å²) in [4.78, 5) is 7.56. The lowest BCUT2D eigenvalue weighted by Gasteiger charge is -2.22. The van der Waals surface area contributed by atoms with Gasteiger partial charge in [-0.05, 0) is 66.0 Å². The van der Waals surface area contributed by atoms with Crippen LogP contribution in [0.1, 0.15) is 0 Å². The second-order valence-electron chi connectivity index (χ2n) is 14.4. The van der Waals surface area contributed by atoms with Crippen LogP contribution in [-0.2, 0) is 60.1 Å². The highest BCUT2D eigenvalue weighted by Gasteiger charge is 2.29. The van der Waals surface area contributed by atoms with Gasteiger partial charge in [0, 0.05) is 23.3 Å². The smallest absolute Gasteiger partial charge is 0.320 e. The van der Waals surface area contributed by atoms with E-state index in [1.807, 2.05) is 0 Å². The molecule has 0 spiro atoms. The number of sulfone groups is 2. The van der Waals surface area contributed by atoms with Crippen LogP contribution in [0.2, 0.25) is 0 Å². The van der Waals surface area contributed by atoms with Crippen molar-refractivity contribution in [2.24, 2.45) is 20.5 Å². The average Bonchev–Trinajstić information content (AvgIpc) is 3.27. The van der Waals surface area contributed by atoms with Gasteiger partial charge in [-0.2, -0.15) is 48.6 Å². The molecular formula is C37H34N10O19S6. The van der Waals surface area contributed by atoms with Crippen molar-refractivity contribution in [3.05, 3.63) is 90.8 Å². The second-order valence-corrected chi connectivity index (χ2v) is 24.1. The number of hydrogen-bond donors (Lipinski definition) is 9. The van der Waals surface area contributed by atoms with Crippen LogP contribution in [0.4, 0.5) is 51.7 Å². The molecular weight excluding hydrogens is 1080 g/mol. The molecule has 72 heavy (non-hydrogen) atoms. The van der Waals surface area contributed by atoms with Crippen LogP contribution in [-0.4, -0.2) is 124 Å². The molecule has 0 amide bonds. The summed E-state index contributed by atoms with van der Waals surface area (Å²) in [6.07, 6.45) is 0. The van der Waals surface area contributed by atoms with Crippen molar-refractivity contribution in [3.8, 4) is 11.8 Å². The molecule has 10 N–H and O–H groups in total. The van der Waals surface area contributed by atoms with Gasteiger partial charge in [0.2, 0.25) is 11.9 Å². The van der Waals surface area contributed by atoms with Gasteiger partial charge in [-0.25, -0.2) is 16.8 Å². The molecule has 0 atom stereocenters. The number of nitrogen functional groups attached to an aromatic ring is 1. The van der Waals surface area contributed by atoms with E-state index in [2.05, 4.69) is 47.3 Å². The number of benzene rings is 5. The van der Waals surface area contributed by atoms with Crippen LogP contribution in [0, 0.1) is 0 Å². The molecule has 29 nitrogen and oxygen atoms in total. The quantitative estimate of drug-likeness (QED) is 0.0314. The summed E-state index contributed by atoms with van der Waals surface area (Å²) in [5.74, 6) is -3.50. The maximum Gasteiger partial charge on any atom is 0.320 e. The van der Waals surface area contributed by atoms with Crippen LogP contribution in [0.5, 0.6) is 11.8 Å². The van der Waals surface area contributed by atoms with Gasteiger partial charge in [0.25, 0.3) is 40.5 Å². The van der Waals surface area contributed by atoms with E-state index in [9.17, 15) is 78.9 Å². The number of rotatable bonds is 19. The Bertz CT molecular complexity index is 3960. The number of hydrogen-bond acceptors (Lipinski definition) is 25. The normalized spacial score (nSPS) is 13.0. The third kappa shape index (κ3) is 12.3. The van der Waals surface area contributed by atoms with E-state index in [1.54, 1.807) is 30.3 Å². The van der Waals surface area contributed by atoms with Crippen molar-refractivity contribution >= 4 is 123 Å². The van der Waals surface area contributed by atoms with E-state index in [-0.39, 0.29) is 18.2 Å². The van der Waals surface area contributed by atoms with Crippen molar-refractivity contribution < 1.29 is 84.0 Å². The van der Waals surface area contributed by atoms with Crippen molar-refractivity contribution in [2.75, 3.05) is 40.6 Å². The van der Waals surface area contributed by atoms with Gasteiger partial charge < -0.3 is 31.3 Å². The fourth-order valence-corrected chi connectivity index (χ4v) is 10.6. The van der Waals surface area contributed by atoms with Gasteiger partial charge in [-0.15, -0.1) is 20.5 Å². The average molecular weight is 1120 g/mol. The number of nitrogens with one attached hydrogen (secondary N) is 1. The molecule has 6 aromatic rings. The molecule has 0 aliphatic rings. The number of phenolic OH excluding ortho intramolecular Hbond substituents is 1. The Morgan fingerprint density at radius 3 is 1.81 bits per heavy atom. The number of azo groups is 2. The Labute approximate surface area is 407 Å². The molecule has 0 bridgehead atoms. The van der Waals surface area contributed by atoms with Gasteiger partial charge in [0.15, 0.2) is 25.4 Å². The molecule has 35 heteroatoms. The van der Waals surface area contributed by atoms with Crippen LogP contribution < -0.4 is 16.0 Å². The van der Waals surface area contributed by atoms with Gasteiger partial charge in [0.05, 0.1) is 34.1 Å². The molecule has 0 aliphatic carbocycles. The van der Waals surface area contributed by atoms with Crippen molar-refractivity contribution in [2.45, 2.75) is 24.5 Å². The number of para-hydroxylation sites is 1. The van der Waals surface area contributed by atoms with Crippen LogP contribution in [0.15, 0.2) is 136 Å². The number of aromatic nitrogens is 3. The summed E-state index contributed by atoms with van der Waals surface area (Å²) >= 11 is 0. The first kappa shape index (κ1) is 54.1. The number of aliphatic hydroxyl groups is 1.